The monoisotopic (exact) mass is 440 g/mol. The number of H-pyrrole nitrogens is 1. The van der Waals surface area contributed by atoms with E-state index in [1.807, 2.05) is 6.07 Å². The Bertz CT molecular complexity index is 948. The van der Waals surface area contributed by atoms with E-state index in [1.165, 1.54) is 22.2 Å². The van der Waals surface area contributed by atoms with Gasteiger partial charge in [0.2, 0.25) is 0 Å². The number of β-amino-alcohol motifs (C(OH)–C–C–N with tert-alkyl or cyclic N) is 1. The molecule has 5 nitrogen and oxygen atoms in total. The van der Waals surface area contributed by atoms with Crippen LogP contribution in [0.5, 0.6) is 0 Å². The number of aromatic amines is 1. The minimum atomic E-state index is -0.311. The van der Waals surface area contributed by atoms with Gasteiger partial charge in [-0.15, -0.1) is 0 Å². The molecule has 0 saturated carbocycles. The van der Waals surface area contributed by atoms with E-state index in [2.05, 4.69) is 69.5 Å². The van der Waals surface area contributed by atoms with E-state index in [0.717, 1.165) is 69.4 Å². The maximum Gasteiger partial charge on any atom is 0.0679 e. The van der Waals surface area contributed by atoms with Crippen molar-refractivity contribution >= 4 is 28.2 Å². The highest BCUT2D eigenvalue weighted by atomic mass is 35.5. The largest absolute Gasteiger partial charge is 0.392 e. The molecular weight excluding hydrogens is 408 g/mol. The zero-order chi connectivity index (χ0) is 21.6. The molecule has 3 N–H and O–H groups in total. The van der Waals surface area contributed by atoms with Crippen molar-refractivity contribution in [2.45, 2.75) is 32.4 Å². The fourth-order valence-corrected chi connectivity index (χ4v) is 4.74. The molecule has 0 spiro atoms. The van der Waals surface area contributed by atoms with Crippen LogP contribution in [0.1, 0.15) is 24.6 Å². The van der Waals surface area contributed by atoms with Crippen molar-refractivity contribution in [1.82, 2.24) is 15.2 Å². The normalized spacial score (nSPS) is 16.2. The lowest BCUT2D eigenvalue weighted by atomic mass is 10.1. The van der Waals surface area contributed by atoms with Crippen molar-refractivity contribution in [3.8, 4) is 0 Å². The average molecular weight is 441 g/mol. The number of anilines is 1. The minimum Gasteiger partial charge on any atom is -0.392 e. The summed E-state index contributed by atoms with van der Waals surface area (Å²) in [7, 11) is 0. The number of nitrogens with zero attached hydrogens (tertiary/aromatic N) is 2. The molecule has 166 valence electrons. The van der Waals surface area contributed by atoms with E-state index in [9.17, 15) is 5.11 Å². The van der Waals surface area contributed by atoms with Crippen LogP contribution < -0.4 is 10.2 Å². The minimum absolute atomic E-state index is 0.311. The van der Waals surface area contributed by atoms with Gasteiger partial charge in [-0.1, -0.05) is 48.9 Å². The van der Waals surface area contributed by atoms with Crippen molar-refractivity contribution < 1.29 is 5.11 Å². The number of nitrogens with one attached hydrogen (secondary N) is 2. The number of aromatic nitrogens is 1. The lowest BCUT2D eigenvalue weighted by Gasteiger charge is -2.37. The fraction of sp³-hybridized carbons (Fsp3) is 0.440. The van der Waals surface area contributed by atoms with Gasteiger partial charge in [0.05, 0.1) is 16.8 Å². The van der Waals surface area contributed by atoms with Crippen molar-refractivity contribution in [2.24, 2.45) is 0 Å². The van der Waals surface area contributed by atoms with E-state index in [0.29, 0.717) is 0 Å². The first-order chi connectivity index (χ1) is 15.1. The second-order valence-electron chi connectivity index (χ2n) is 8.39. The molecule has 0 amide bonds. The number of hydrogen-bond donors (Lipinski definition) is 3. The summed E-state index contributed by atoms with van der Waals surface area (Å²) in [4.78, 5) is 8.16. The number of hydrogen-bond acceptors (Lipinski definition) is 4. The van der Waals surface area contributed by atoms with Gasteiger partial charge in [-0.2, -0.15) is 0 Å². The van der Waals surface area contributed by atoms with Crippen LogP contribution in [0.25, 0.3) is 10.9 Å². The van der Waals surface area contributed by atoms with Crippen LogP contribution in [0.2, 0.25) is 5.02 Å². The van der Waals surface area contributed by atoms with Crippen LogP contribution in [0.4, 0.5) is 5.69 Å². The molecule has 1 unspecified atom stereocenters. The summed E-state index contributed by atoms with van der Waals surface area (Å²) in [6.45, 7) is 8.24. The van der Waals surface area contributed by atoms with Crippen LogP contribution >= 0.6 is 11.6 Å². The third-order valence-corrected chi connectivity index (χ3v) is 6.61. The van der Waals surface area contributed by atoms with Gasteiger partial charge in [0.1, 0.15) is 0 Å². The first-order valence-corrected chi connectivity index (χ1v) is 11.7. The van der Waals surface area contributed by atoms with E-state index < -0.39 is 0 Å². The molecule has 0 bridgehead atoms. The zero-order valence-corrected chi connectivity index (χ0v) is 19.0. The number of benzene rings is 2. The number of fused-ring (bicyclic) bond motifs is 1. The number of halogens is 1. The molecule has 1 aliphatic rings. The third kappa shape index (κ3) is 5.60. The lowest BCUT2D eigenvalue weighted by molar-refractivity contribution is 0.102. The second kappa shape index (κ2) is 10.5. The van der Waals surface area contributed by atoms with Gasteiger partial charge in [0.25, 0.3) is 0 Å². The summed E-state index contributed by atoms with van der Waals surface area (Å²) in [5, 5.41) is 16.1. The number of piperazine rings is 1. The average Bonchev–Trinajstić information content (AvgIpc) is 3.20. The highest BCUT2D eigenvalue weighted by Gasteiger charge is 2.21. The Balaban J connectivity index is 1.17. The van der Waals surface area contributed by atoms with Crippen LogP contribution in [0.15, 0.2) is 48.5 Å². The van der Waals surface area contributed by atoms with E-state index in [-0.39, 0.29) is 6.10 Å². The van der Waals surface area contributed by atoms with Crippen molar-refractivity contribution in [2.75, 3.05) is 44.2 Å². The van der Waals surface area contributed by atoms with Crippen LogP contribution in [-0.4, -0.2) is 60.4 Å². The lowest BCUT2D eigenvalue weighted by Crippen LogP contribution is -2.49. The highest BCUT2D eigenvalue weighted by Crippen LogP contribution is 2.30. The van der Waals surface area contributed by atoms with E-state index in [1.54, 1.807) is 0 Å². The predicted octanol–water partition coefficient (Wildman–Crippen LogP) is 4.05. The summed E-state index contributed by atoms with van der Waals surface area (Å²) < 4.78 is 0. The maximum absolute atomic E-state index is 10.5. The number of para-hydroxylation sites is 1. The van der Waals surface area contributed by atoms with Crippen LogP contribution in [0, 0.1) is 0 Å². The quantitative estimate of drug-likeness (QED) is 0.439. The first-order valence-electron chi connectivity index (χ1n) is 11.3. The molecule has 3 aromatic rings. The van der Waals surface area contributed by atoms with Crippen LogP contribution in [-0.2, 0) is 13.0 Å². The Hall–Kier alpha value is -2.05. The number of aliphatic hydroxyl groups is 1. The molecule has 1 aromatic heterocycles. The Morgan fingerprint density at radius 2 is 1.90 bits per heavy atom. The zero-order valence-electron chi connectivity index (χ0n) is 18.3. The Labute approximate surface area is 190 Å². The molecule has 31 heavy (non-hydrogen) atoms. The second-order valence-corrected chi connectivity index (χ2v) is 8.77. The number of rotatable bonds is 9. The van der Waals surface area contributed by atoms with Crippen molar-refractivity contribution in [3.05, 3.63) is 64.8 Å². The van der Waals surface area contributed by atoms with Gasteiger partial charge in [-0.3, -0.25) is 4.90 Å². The molecule has 2 heterocycles. The topological polar surface area (TPSA) is 54.5 Å². The Morgan fingerprint density at radius 3 is 2.68 bits per heavy atom. The molecule has 1 atom stereocenters. The summed E-state index contributed by atoms with van der Waals surface area (Å²) in [5.74, 6) is 0. The summed E-state index contributed by atoms with van der Waals surface area (Å²) in [5.41, 5.74) is 4.69. The first kappa shape index (κ1) is 22.2. The molecule has 2 aromatic carbocycles. The number of aryl methyl sites for hydroxylation is 1. The van der Waals surface area contributed by atoms with Gasteiger partial charge in [0.15, 0.2) is 0 Å². The van der Waals surface area contributed by atoms with Gasteiger partial charge in [-0.25, -0.2) is 0 Å². The standard InChI is InChI=1S/C25H33ClN4O/c1-2-19-7-5-9-24(25(19)26)30-14-12-29(13-15-30)18-22(31)10-11-27-17-21-16-20-6-3-4-8-23(20)28-21/h3-9,16,22,27-28,31H,2,10-15,17-18H2,1H3. The summed E-state index contributed by atoms with van der Waals surface area (Å²) >= 11 is 6.60. The Morgan fingerprint density at radius 1 is 1.10 bits per heavy atom. The molecule has 6 heteroatoms. The predicted molar refractivity (Wildman–Crippen MR) is 130 cm³/mol. The van der Waals surface area contributed by atoms with E-state index >= 15 is 0 Å². The molecule has 1 saturated heterocycles. The van der Waals surface area contributed by atoms with Gasteiger partial charge in [-0.05, 0) is 48.5 Å². The molecule has 1 fully saturated rings. The molecule has 0 radical (unpaired) electrons. The van der Waals surface area contributed by atoms with Gasteiger partial charge in [0, 0.05) is 50.5 Å². The smallest absolute Gasteiger partial charge is 0.0679 e. The molecule has 4 rings (SSSR count). The third-order valence-electron chi connectivity index (χ3n) is 6.18. The fourth-order valence-electron chi connectivity index (χ4n) is 4.36. The van der Waals surface area contributed by atoms with Crippen molar-refractivity contribution in [1.29, 1.82) is 0 Å². The molecule has 1 aliphatic heterocycles. The SMILES string of the molecule is CCc1cccc(N2CCN(CC(O)CCNCc3cc4ccccc4[nH]3)CC2)c1Cl. The molecule has 0 aliphatic carbocycles. The van der Waals surface area contributed by atoms with Gasteiger partial charge >= 0.3 is 0 Å². The highest BCUT2D eigenvalue weighted by molar-refractivity contribution is 6.34. The van der Waals surface area contributed by atoms with Crippen LogP contribution in [0.3, 0.4) is 0 Å². The van der Waals surface area contributed by atoms with Gasteiger partial charge < -0.3 is 20.3 Å². The maximum atomic E-state index is 10.5. The molecular formula is C25H33ClN4O. The van der Waals surface area contributed by atoms with Crippen molar-refractivity contribution in [3.63, 3.8) is 0 Å². The summed E-state index contributed by atoms with van der Waals surface area (Å²) in [6.07, 6.45) is 1.39. The van der Waals surface area contributed by atoms with E-state index in [4.69, 9.17) is 11.6 Å². The summed E-state index contributed by atoms with van der Waals surface area (Å²) in [6, 6.07) is 16.8. The number of aliphatic hydroxyl groups excluding tert-OH is 1. The Kier molecular flexibility index (Phi) is 7.51.